The highest BCUT2D eigenvalue weighted by atomic mass is 16.2. The molecule has 0 radical (unpaired) electrons. The highest BCUT2D eigenvalue weighted by molar-refractivity contribution is 5.94. The molecular weight excluding hydrogens is 408 g/mol. The Morgan fingerprint density at radius 1 is 1.12 bits per heavy atom. The molecule has 3 aromatic rings. The topological polar surface area (TPSA) is 64.2 Å². The molecule has 5 nitrogen and oxygen atoms in total. The van der Waals surface area contributed by atoms with E-state index in [0.717, 1.165) is 59.1 Å². The summed E-state index contributed by atoms with van der Waals surface area (Å²) >= 11 is 0. The second kappa shape index (κ2) is 9.42. The van der Waals surface area contributed by atoms with Crippen molar-refractivity contribution in [1.82, 2.24) is 9.55 Å². The van der Waals surface area contributed by atoms with Gasteiger partial charge < -0.3 is 10.3 Å². The molecule has 4 rings (SSSR count). The maximum absolute atomic E-state index is 13.3. The van der Waals surface area contributed by atoms with E-state index in [0.29, 0.717) is 5.92 Å². The lowest BCUT2D eigenvalue weighted by atomic mass is 9.90. The van der Waals surface area contributed by atoms with Gasteiger partial charge in [0.15, 0.2) is 0 Å². The minimum atomic E-state index is -0.417. The van der Waals surface area contributed by atoms with E-state index < -0.39 is 6.03 Å². The number of nitrogens with zero attached hydrogens (tertiary/aromatic N) is 3. The molecule has 0 saturated heterocycles. The number of primary amides is 1. The largest absolute Gasteiger partial charge is 0.351 e. The van der Waals surface area contributed by atoms with Crippen LogP contribution in [-0.4, -0.2) is 15.6 Å². The number of benzene rings is 1. The lowest BCUT2D eigenvalue weighted by Crippen LogP contribution is -2.45. The summed E-state index contributed by atoms with van der Waals surface area (Å²) in [5.74, 6) is 0.814. The Bertz CT molecular complexity index is 1130. The number of carbonyl (C=O) groups is 1. The van der Waals surface area contributed by atoms with Gasteiger partial charge in [-0.3, -0.25) is 4.90 Å². The van der Waals surface area contributed by atoms with Crippen molar-refractivity contribution in [1.29, 1.82) is 0 Å². The molecule has 1 fully saturated rings. The molecule has 2 heterocycles. The van der Waals surface area contributed by atoms with E-state index in [-0.39, 0.29) is 18.0 Å². The van der Waals surface area contributed by atoms with Crippen LogP contribution in [0.2, 0.25) is 0 Å². The van der Waals surface area contributed by atoms with Gasteiger partial charge in [-0.25, -0.2) is 9.78 Å². The van der Waals surface area contributed by atoms with Crippen LogP contribution in [-0.2, 0) is 0 Å². The van der Waals surface area contributed by atoms with E-state index in [4.69, 9.17) is 10.7 Å². The number of anilines is 1. The van der Waals surface area contributed by atoms with Gasteiger partial charge in [0, 0.05) is 23.3 Å². The summed E-state index contributed by atoms with van der Waals surface area (Å²) in [7, 11) is 0. The SMILES string of the molecule is C=Cc1cn(C(C2CCCC2)N(C(N)=O)c2c(C(C)C)cccc2C(C)C)c2ncccc12. The van der Waals surface area contributed by atoms with Gasteiger partial charge in [0.25, 0.3) is 0 Å². The zero-order chi connectivity index (χ0) is 23.7. The fraction of sp³-hybridized carbons (Fsp3) is 0.429. The lowest BCUT2D eigenvalue weighted by Gasteiger charge is -2.39. The minimum Gasteiger partial charge on any atom is -0.351 e. The summed E-state index contributed by atoms with van der Waals surface area (Å²) in [6, 6.07) is 9.96. The summed E-state index contributed by atoms with van der Waals surface area (Å²) in [5, 5.41) is 1.04. The second-order valence-electron chi connectivity index (χ2n) is 9.83. The maximum atomic E-state index is 13.3. The summed E-state index contributed by atoms with van der Waals surface area (Å²) < 4.78 is 2.17. The monoisotopic (exact) mass is 444 g/mol. The molecule has 0 bridgehead atoms. The summed E-state index contributed by atoms with van der Waals surface area (Å²) in [4.78, 5) is 19.9. The van der Waals surface area contributed by atoms with Crippen LogP contribution in [0.4, 0.5) is 10.5 Å². The van der Waals surface area contributed by atoms with E-state index in [1.54, 1.807) is 0 Å². The number of aromatic nitrogens is 2. The van der Waals surface area contributed by atoms with Crippen molar-refractivity contribution in [2.24, 2.45) is 11.7 Å². The van der Waals surface area contributed by atoms with Crippen LogP contribution < -0.4 is 10.6 Å². The van der Waals surface area contributed by atoms with Crippen molar-refractivity contribution >= 4 is 28.8 Å². The van der Waals surface area contributed by atoms with Gasteiger partial charge >= 0.3 is 6.03 Å². The number of hydrogen-bond acceptors (Lipinski definition) is 2. The van der Waals surface area contributed by atoms with E-state index >= 15 is 0 Å². The zero-order valence-electron chi connectivity index (χ0n) is 20.3. The average Bonchev–Trinajstić information content (AvgIpc) is 3.45. The van der Waals surface area contributed by atoms with Crippen LogP contribution in [0.15, 0.2) is 49.3 Å². The number of carbonyl (C=O) groups excluding carboxylic acids is 1. The van der Waals surface area contributed by atoms with Gasteiger partial charge in [-0.2, -0.15) is 0 Å². The van der Waals surface area contributed by atoms with Gasteiger partial charge in [-0.15, -0.1) is 0 Å². The molecule has 2 amide bonds. The molecule has 1 saturated carbocycles. The molecule has 1 aliphatic rings. The van der Waals surface area contributed by atoms with E-state index in [2.05, 4.69) is 69.3 Å². The van der Waals surface area contributed by atoms with Crippen molar-refractivity contribution in [2.75, 3.05) is 4.90 Å². The standard InChI is InChI=1S/C28H36N4O/c1-6-20-17-31(26-24(20)15-10-16-30-26)27(21-11-7-8-12-21)32(28(29)33)25-22(18(2)3)13-9-14-23(25)19(4)5/h6,9-10,13-19,21,27H,1,7-8,11-12H2,2-5H3,(H2,29,33). The first-order chi connectivity index (χ1) is 15.8. The van der Waals surface area contributed by atoms with Gasteiger partial charge in [0.05, 0.1) is 5.69 Å². The molecule has 33 heavy (non-hydrogen) atoms. The van der Waals surface area contributed by atoms with E-state index in [1.807, 2.05) is 23.2 Å². The van der Waals surface area contributed by atoms with Crippen molar-refractivity contribution in [3.8, 4) is 0 Å². The number of rotatable bonds is 7. The maximum Gasteiger partial charge on any atom is 0.321 e. The zero-order valence-corrected chi connectivity index (χ0v) is 20.3. The highest BCUT2D eigenvalue weighted by Gasteiger charge is 2.37. The third kappa shape index (κ3) is 4.17. The molecule has 0 aliphatic heterocycles. The Kier molecular flexibility index (Phi) is 6.59. The molecule has 1 unspecified atom stereocenters. The number of urea groups is 1. The Hall–Kier alpha value is -3.08. The van der Waals surface area contributed by atoms with Crippen molar-refractivity contribution in [2.45, 2.75) is 71.4 Å². The molecule has 2 aromatic heterocycles. The van der Waals surface area contributed by atoms with Crippen LogP contribution in [0, 0.1) is 5.92 Å². The molecule has 1 aliphatic carbocycles. The van der Waals surface area contributed by atoms with Gasteiger partial charge in [-0.05, 0) is 53.9 Å². The van der Waals surface area contributed by atoms with Gasteiger partial charge in [0.1, 0.15) is 11.8 Å². The number of hydrogen-bond donors (Lipinski definition) is 1. The van der Waals surface area contributed by atoms with Crippen LogP contribution >= 0.6 is 0 Å². The lowest BCUT2D eigenvalue weighted by molar-refractivity contribution is 0.240. The number of pyridine rings is 1. The predicted octanol–water partition coefficient (Wildman–Crippen LogP) is 7.20. The summed E-state index contributed by atoms with van der Waals surface area (Å²) in [6.45, 7) is 12.7. The molecule has 174 valence electrons. The smallest absolute Gasteiger partial charge is 0.321 e. The minimum absolute atomic E-state index is 0.242. The molecule has 1 aromatic carbocycles. The molecule has 5 heteroatoms. The molecule has 0 spiro atoms. The summed E-state index contributed by atoms with van der Waals surface area (Å²) in [6.07, 6.45) is 9.98. The highest BCUT2D eigenvalue weighted by Crippen LogP contribution is 2.44. The van der Waals surface area contributed by atoms with Gasteiger partial charge in [0.2, 0.25) is 0 Å². The first-order valence-corrected chi connectivity index (χ1v) is 12.1. The molecular formula is C28H36N4O. The Morgan fingerprint density at radius 3 is 2.30 bits per heavy atom. The van der Waals surface area contributed by atoms with E-state index in [9.17, 15) is 4.79 Å². The van der Waals surface area contributed by atoms with E-state index in [1.165, 1.54) is 0 Å². The number of nitrogens with two attached hydrogens (primary N) is 1. The average molecular weight is 445 g/mol. The third-order valence-corrected chi connectivity index (χ3v) is 7.03. The van der Waals surface area contributed by atoms with Crippen LogP contribution in [0.5, 0.6) is 0 Å². The first kappa shape index (κ1) is 23.1. The van der Waals surface area contributed by atoms with Crippen LogP contribution in [0.25, 0.3) is 17.1 Å². The number of fused-ring (bicyclic) bond motifs is 1. The Balaban J connectivity index is 2.02. The first-order valence-electron chi connectivity index (χ1n) is 12.1. The summed E-state index contributed by atoms with van der Waals surface area (Å²) in [5.41, 5.74) is 11.4. The fourth-order valence-electron chi connectivity index (χ4n) is 5.45. The Morgan fingerprint density at radius 2 is 1.76 bits per heavy atom. The Labute approximate surface area is 197 Å². The molecule has 2 N–H and O–H groups in total. The van der Waals surface area contributed by atoms with Crippen molar-refractivity contribution in [3.05, 3.63) is 66.0 Å². The normalized spacial score (nSPS) is 15.5. The van der Waals surface area contributed by atoms with Crippen LogP contribution in [0.3, 0.4) is 0 Å². The fourth-order valence-corrected chi connectivity index (χ4v) is 5.45. The third-order valence-electron chi connectivity index (χ3n) is 7.03. The quantitative estimate of drug-likeness (QED) is 0.419. The van der Waals surface area contributed by atoms with Crippen molar-refractivity contribution in [3.63, 3.8) is 0 Å². The number of amides is 2. The van der Waals surface area contributed by atoms with Crippen LogP contribution in [0.1, 0.15) is 88.1 Å². The predicted molar refractivity (Wildman–Crippen MR) is 138 cm³/mol. The number of para-hydroxylation sites is 1. The molecule has 1 atom stereocenters. The second-order valence-corrected chi connectivity index (χ2v) is 9.83. The van der Waals surface area contributed by atoms with Crippen molar-refractivity contribution < 1.29 is 4.79 Å². The van der Waals surface area contributed by atoms with Gasteiger partial charge in [-0.1, -0.05) is 71.4 Å².